The summed E-state index contributed by atoms with van der Waals surface area (Å²) in [4.78, 5) is 28.0. The van der Waals surface area contributed by atoms with Crippen LogP contribution in [0.4, 0.5) is 0 Å². The van der Waals surface area contributed by atoms with Crippen LogP contribution < -0.4 is 14.8 Å². The van der Waals surface area contributed by atoms with Gasteiger partial charge in [0.05, 0.1) is 20.3 Å². The summed E-state index contributed by atoms with van der Waals surface area (Å²) in [6.07, 6.45) is 0.946. The zero-order valence-corrected chi connectivity index (χ0v) is 19.0. The molecular formula is C25H32N2O4. The Morgan fingerprint density at radius 2 is 1.71 bits per heavy atom. The summed E-state index contributed by atoms with van der Waals surface area (Å²) in [6.45, 7) is 6.43. The largest absolute Gasteiger partial charge is 0.493 e. The molecule has 0 radical (unpaired) electrons. The van der Waals surface area contributed by atoms with Gasteiger partial charge in [-0.15, -0.1) is 0 Å². The first-order valence-electron chi connectivity index (χ1n) is 10.7. The molecule has 2 aromatic carbocycles. The monoisotopic (exact) mass is 424 g/mol. The highest BCUT2D eigenvalue weighted by atomic mass is 16.5. The topological polar surface area (TPSA) is 67.9 Å². The maximum Gasteiger partial charge on any atom is 0.243 e. The van der Waals surface area contributed by atoms with Crippen molar-refractivity contribution in [1.82, 2.24) is 10.2 Å². The molecule has 31 heavy (non-hydrogen) atoms. The predicted molar refractivity (Wildman–Crippen MR) is 120 cm³/mol. The molecule has 0 saturated heterocycles. The highest BCUT2D eigenvalue weighted by Crippen LogP contribution is 2.30. The molecule has 0 spiro atoms. The molecule has 2 amide bonds. The first-order chi connectivity index (χ1) is 14.8. The van der Waals surface area contributed by atoms with Crippen molar-refractivity contribution in [1.29, 1.82) is 0 Å². The van der Waals surface area contributed by atoms with Crippen molar-refractivity contribution in [2.45, 2.75) is 52.2 Å². The Kier molecular flexibility index (Phi) is 7.21. The number of fused-ring (bicyclic) bond motifs is 1. The summed E-state index contributed by atoms with van der Waals surface area (Å²) in [5.74, 6) is 1.36. The fourth-order valence-corrected chi connectivity index (χ4v) is 4.00. The van der Waals surface area contributed by atoms with E-state index in [-0.39, 0.29) is 23.8 Å². The smallest absolute Gasteiger partial charge is 0.243 e. The minimum atomic E-state index is -0.524. The number of rotatable bonds is 7. The highest BCUT2D eigenvalue weighted by Gasteiger charge is 2.35. The molecule has 0 aromatic heterocycles. The molecule has 2 aromatic rings. The lowest BCUT2D eigenvalue weighted by Crippen LogP contribution is -2.53. The lowest BCUT2D eigenvalue weighted by atomic mass is 9.92. The maximum atomic E-state index is 13.3. The van der Waals surface area contributed by atoms with Crippen molar-refractivity contribution in [2.75, 3.05) is 14.2 Å². The number of nitrogens with one attached hydrogen (secondary N) is 1. The van der Waals surface area contributed by atoms with E-state index in [9.17, 15) is 9.59 Å². The van der Waals surface area contributed by atoms with Gasteiger partial charge in [0.15, 0.2) is 11.5 Å². The van der Waals surface area contributed by atoms with Gasteiger partial charge in [-0.05, 0) is 41.7 Å². The highest BCUT2D eigenvalue weighted by molar-refractivity contribution is 5.88. The summed E-state index contributed by atoms with van der Waals surface area (Å²) < 4.78 is 10.7. The first-order valence-corrected chi connectivity index (χ1v) is 10.7. The third-order valence-corrected chi connectivity index (χ3v) is 5.72. The van der Waals surface area contributed by atoms with Crippen LogP contribution in [0.3, 0.4) is 0 Å². The fraction of sp³-hybridized carbons (Fsp3) is 0.440. The maximum absolute atomic E-state index is 13.3. The number of benzene rings is 2. The summed E-state index contributed by atoms with van der Waals surface area (Å²) in [5, 5.41) is 3.09. The summed E-state index contributed by atoms with van der Waals surface area (Å²) in [6, 6.07) is 12.9. The van der Waals surface area contributed by atoms with E-state index in [1.165, 1.54) is 0 Å². The molecule has 6 nitrogen and oxygen atoms in total. The van der Waals surface area contributed by atoms with E-state index in [0.717, 1.165) is 16.7 Å². The van der Waals surface area contributed by atoms with Gasteiger partial charge >= 0.3 is 0 Å². The van der Waals surface area contributed by atoms with E-state index in [2.05, 4.69) is 5.32 Å². The Morgan fingerprint density at radius 1 is 1.03 bits per heavy atom. The zero-order valence-electron chi connectivity index (χ0n) is 19.0. The Bertz CT molecular complexity index is 941. The molecule has 1 aliphatic rings. The standard InChI is InChI=1S/C25H32N2O4/c1-16(2)12-24(28)27-15-20-9-7-6-8-19(20)13-21(27)25(29)26-17(3)18-10-11-22(30-4)23(14-18)31-5/h6-11,14,16-17,21H,12-13,15H2,1-5H3,(H,26,29). The van der Waals surface area contributed by atoms with Gasteiger partial charge in [-0.3, -0.25) is 9.59 Å². The van der Waals surface area contributed by atoms with E-state index in [1.807, 2.05) is 63.2 Å². The predicted octanol–water partition coefficient (Wildman–Crippen LogP) is 3.88. The lowest BCUT2D eigenvalue weighted by molar-refractivity contribution is -0.142. The van der Waals surface area contributed by atoms with Crippen LogP contribution >= 0.6 is 0 Å². The molecule has 0 bridgehead atoms. The van der Waals surface area contributed by atoms with Crippen molar-refractivity contribution >= 4 is 11.8 Å². The van der Waals surface area contributed by atoms with E-state index in [0.29, 0.717) is 30.9 Å². The SMILES string of the molecule is COc1ccc(C(C)NC(=O)C2Cc3ccccc3CN2C(=O)CC(C)C)cc1OC. The Labute approximate surface area is 184 Å². The Balaban J connectivity index is 1.81. The van der Waals surface area contributed by atoms with Crippen LogP contribution in [0, 0.1) is 5.92 Å². The van der Waals surface area contributed by atoms with Crippen LogP contribution in [0.25, 0.3) is 0 Å². The van der Waals surface area contributed by atoms with Crippen LogP contribution in [0.1, 0.15) is 49.9 Å². The molecule has 1 N–H and O–H groups in total. The van der Waals surface area contributed by atoms with Gasteiger partial charge in [-0.1, -0.05) is 44.2 Å². The minimum absolute atomic E-state index is 0.0171. The molecule has 0 fully saturated rings. The molecule has 166 valence electrons. The summed E-state index contributed by atoms with van der Waals surface area (Å²) in [5.41, 5.74) is 3.13. The average Bonchev–Trinajstić information content (AvgIpc) is 2.77. The first kappa shape index (κ1) is 22.7. The van der Waals surface area contributed by atoms with Crippen molar-refractivity contribution in [2.24, 2.45) is 5.92 Å². The lowest BCUT2D eigenvalue weighted by Gasteiger charge is -2.37. The van der Waals surface area contributed by atoms with Gasteiger partial charge in [0.25, 0.3) is 0 Å². The van der Waals surface area contributed by atoms with Gasteiger partial charge in [-0.25, -0.2) is 0 Å². The van der Waals surface area contributed by atoms with Crippen LogP contribution in [0.2, 0.25) is 0 Å². The van der Waals surface area contributed by atoms with Gasteiger partial charge in [0.1, 0.15) is 6.04 Å². The second-order valence-electron chi connectivity index (χ2n) is 8.45. The van der Waals surface area contributed by atoms with E-state index in [1.54, 1.807) is 19.1 Å². The number of nitrogens with zero attached hydrogens (tertiary/aromatic N) is 1. The number of amides is 2. The molecule has 3 rings (SSSR count). The number of carbonyl (C=O) groups excluding carboxylic acids is 2. The third-order valence-electron chi connectivity index (χ3n) is 5.72. The second kappa shape index (κ2) is 9.86. The van der Waals surface area contributed by atoms with Crippen molar-refractivity contribution in [3.8, 4) is 11.5 Å². The molecule has 2 unspecified atom stereocenters. The third kappa shape index (κ3) is 5.19. The van der Waals surface area contributed by atoms with Gasteiger partial charge in [-0.2, -0.15) is 0 Å². The van der Waals surface area contributed by atoms with Gasteiger partial charge < -0.3 is 19.7 Å². The summed E-state index contributed by atoms with van der Waals surface area (Å²) in [7, 11) is 3.18. The normalized spacial score (nSPS) is 16.5. The van der Waals surface area contributed by atoms with Crippen LogP contribution in [0.15, 0.2) is 42.5 Å². The van der Waals surface area contributed by atoms with Crippen LogP contribution in [-0.4, -0.2) is 37.0 Å². The molecule has 1 aliphatic heterocycles. The second-order valence-corrected chi connectivity index (χ2v) is 8.45. The van der Waals surface area contributed by atoms with Crippen molar-refractivity contribution in [3.63, 3.8) is 0 Å². The van der Waals surface area contributed by atoms with Gasteiger partial charge in [0.2, 0.25) is 11.8 Å². The zero-order chi connectivity index (χ0) is 22.5. The fourth-order valence-electron chi connectivity index (χ4n) is 4.00. The molecule has 6 heteroatoms. The quantitative estimate of drug-likeness (QED) is 0.732. The van der Waals surface area contributed by atoms with E-state index < -0.39 is 6.04 Å². The minimum Gasteiger partial charge on any atom is -0.493 e. The molecule has 0 saturated carbocycles. The average molecular weight is 425 g/mol. The number of ether oxygens (including phenoxy) is 2. The number of hydrogen-bond acceptors (Lipinski definition) is 4. The van der Waals surface area contributed by atoms with Crippen molar-refractivity contribution < 1.29 is 19.1 Å². The Hall–Kier alpha value is -3.02. The molecule has 1 heterocycles. The van der Waals surface area contributed by atoms with E-state index in [4.69, 9.17) is 9.47 Å². The Morgan fingerprint density at radius 3 is 2.35 bits per heavy atom. The molecular weight excluding hydrogens is 392 g/mol. The molecule has 0 aliphatic carbocycles. The van der Waals surface area contributed by atoms with Gasteiger partial charge in [0, 0.05) is 19.4 Å². The number of carbonyl (C=O) groups is 2. The summed E-state index contributed by atoms with van der Waals surface area (Å²) >= 11 is 0. The molecule has 2 atom stereocenters. The number of hydrogen-bond donors (Lipinski definition) is 1. The van der Waals surface area contributed by atoms with Crippen molar-refractivity contribution in [3.05, 3.63) is 59.2 Å². The van der Waals surface area contributed by atoms with Crippen LogP contribution in [-0.2, 0) is 22.6 Å². The van der Waals surface area contributed by atoms with Crippen LogP contribution in [0.5, 0.6) is 11.5 Å². The number of methoxy groups -OCH3 is 2. The van der Waals surface area contributed by atoms with E-state index >= 15 is 0 Å².